The molecule has 1 saturated carbocycles. The quantitative estimate of drug-likeness (QED) is 0.861. The molecule has 0 saturated heterocycles. The first kappa shape index (κ1) is 12.3. The molecule has 2 N–H and O–H groups in total. The van der Waals surface area contributed by atoms with Crippen LogP contribution in [0.1, 0.15) is 38.2 Å². The molecule has 2 atom stereocenters. The fraction of sp³-hybridized carbons (Fsp3) is 0.692. The van der Waals surface area contributed by atoms with E-state index in [1.807, 2.05) is 17.8 Å². The fourth-order valence-electron chi connectivity index (χ4n) is 2.54. The first-order valence-electron chi connectivity index (χ1n) is 6.48. The number of nitrogens with zero attached hydrogens (tertiary/aromatic N) is 2. The van der Waals surface area contributed by atoms with Gasteiger partial charge in [0.2, 0.25) is 0 Å². The third-order valence-electron chi connectivity index (χ3n) is 3.56. The van der Waals surface area contributed by atoms with Crippen LogP contribution in [0.15, 0.2) is 12.4 Å². The summed E-state index contributed by atoms with van der Waals surface area (Å²) >= 11 is 0. The monoisotopic (exact) mass is 235 g/mol. The second-order valence-corrected chi connectivity index (χ2v) is 4.97. The Morgan fingerprint density at radius 3 is 3.06 bits per heavy atom. The average Bonchev–Trinajstić information content (AvgIpc) is 2.77. The summed E-state index contributed by atoms with van der Waals surface area (Å²) in [6, 6.07) is 0.219. The highest BCUT2D eigenvalue weighted by atomic mass is 16.1. The zero-order valence-corrected chi connectivity index (χ0v) is 10.4. The van der Waals surface area contributed by atoms with Gasteiger partial charge in [0.15, 0.2) is 0 Å². The summed E-state index contributed by atoms with van der Waals surface area (Å²) in [4.78, 5) is 12.1. The lowest BCUT2D eigenvalue weighted by molar-refractivity contribution is -0.123. The van der Waals surface area contributed by atoms with Gasteiger partial charge in [-0.1, -0.05) is 6.42 Å². The van der Waals surface area contributed by atoms with Crippen LogP contribution < -0.4 is 5.73 Å². The van der Waals surface area contributed by atoms with Crippen LogP contribution >= 0.6 is 0 Å². The summed E-state index contributed by atoms with van der Waals surface area (Å²) in [5.41, 5.74) is 6.94. The maximum absolute atomic E-state index is 12.1. The van der Waals surface area contributed by atoms with Gasteiger partial charge in [0.05, 0.1) is 6.20 Å². The van der Waals surface area contributed by atoms with Crippen LogP contribution in [0.2, 0.25) is 0 Å². The third-order valence-corrected chi connectivity index (χ3v) is 3.56. The van der Waals surface area contributed by atoms with Crippen molar-refractivity contribution >= 4 is 5.78 Å². The molecule has 1 aromatic heterocycles. The van der Waals surface area contributed by atoms with Gasteiger partial charge in [-0.25, -0.2) is 0 Å². The normalized spacial score (nSPS) is 24.8. The number of hydrogen-bond donors (Lipinski definition) is 1. The molecular formula is C13H21N3O. The molecule has 0 aromatic carbocycles. The highest BCUT2D eigenvalue weighted by Crippen LogP contribution is 2.24. The molecule has 4 heteroatoms. The third kappa shape index (κ3) is 3.16. The van der Waals surface area contributed by atoms with Gasteiger partial charge < -0.3 is 5.73 Å². The predicted molar refractivity (Wildman–Crippen MR) is 66.5 cm³/mol. The van der Waals surface area contributed by atoms with E-state index in [-0.39, 0.29) is 12.0 Å². The van der Waals surface area contributed by atoms with E-state index in [1.165, 1.54) is 0 Å². The van der Waals surface area contributed by atoms with Gasteiger partial charge in [0.25, 0.3) is 0 Å². The zero-order chi connectivity index (χ0) is 12.3. The van der Waals surface area contributed by atoms with E-state index in [0.29, 0.717) is 12.2 Å². The largest absolute Gasteiger partial charge is 0.328 e. The molecule has 2 unspecified atom stereocenters. The number of aryl methyl sites for hydroxylation is 1. The lowest BCUT2D eigenvalue weighted by Gasteiger charge is -2.25. The highest BCUT2D eigenvalue weighted by molar-refractivity contribution is 5.83. The standard InChI is InChI=1S/C13H21N3O/c1-2-16-9-10(8-15-16)6-13(17)11-4-3-5-12(14)7-11/h8-9,11-12H,2-7,14H2,1H3. The number of carbonyl (C=O) groups excluding carboxylic acids is 1. The predicted octanol–water partition coefficient (Wildman–Crippen LogP) is 1.53. The van der Waals surface area contributed by atoms with Gasteiger partial charge in [0.1, 0.15) is 5.78 Å². The Balaban J connectivity index is 1.91. The Kier molecular flexibility index (Phi) is 3.94. The molecular weight excluding hydrogens is 214 g/mol. The van der Waals surface area contributed by atoms with Gasteiger partial charge in [-0.2, -0.15) is 5.10 Å². The van der Waals surface area contributed by atoms with Crippen molar-refractivity contribution in [2.45, 2.75) is 51.6 Å². The van der Waals surface area contributed by atoms with Crippen molar-refractivity contribution in [3.63, 3.8) is 0 Å². The molecule has 1 fully saturated rings. The minimum atomic E-state index is 0.170. The van der Waals surface area contributed by atoms with Crippen LogP contribution in [0.5, 0.6) is 0 Å². The second-order valence-electron chi connectivity index (χ2n) is 4.97. The van der Waals surface area contributed by atoms with E-state index in [0.717, 1.165) is 37.8 Å². The Bertz CT molecular complexity index is 386. The lowest BCUT2D eigenvalue weighted by atomic mass is 9.82. The number of Topliss-reactive ketones (excluding diaryl/α,β-unsaturated/α-hetero) is 1. The van der Waals surface area contributed by atoms with Gasteiger partial charge in [-0.3, -0.25) is 9.48 Å². The minimum Gasteiger partial charge on any atom is -0.328 e. The molecule has 0 aliphatic heterocycles. The summed E-state index contributed by atoms with van der Waals surface area (Å²) in [6.45, 7) is 2.89. The Labute approximate surface area is 102 Å². The molecule has 1 aliphatic carbocycles. The summed E-state index contributed by atoms with van der Waals surface area (Å²) < 4.78 is 1.86. The van der Waals surface area contributed by atoms with Crippen LogP contribution in [0.25, 0.3) is 0 Å². The van der Waals surface area contributed by atoms with Crippen molar-refractivity contribution in [2.75, 3.05) is 0 Å². The van der Waals surface area contributed by atoms with E-state index < -0.39 is 0 Å². The van der Waals surface area contributed by atoms with Crippen LogP contribution in [0.3, 0.4) is 0 Å². The molecule has 0 spiro atoms. The Hall–Kier alpha value is -1.16. The molecule has 1 aromatic rings. The van der Waals surface area contributed by atoms with Crippen molar-refractivity contribution in [3.05, 3.63) is 18.0 Å². The van der Waals surface area contributed by atoms with Crippen molar-refractivity contribution in [3.8, 4) is 0 Å². The minimum absolute atomic E-state index is 0.170. The molecule has 17 heavy (non-hydrogen) atoms. The van der Waals surface area contributed by atoms with E-state index in [2.05, 4.69) is 5.10 Å². The summed E-state index contributed by atoms with van der Waals surface area (Å²) in [6.07, 6.45) is 8.29. The molecule has 0 bridgehead atoms. The number of ketones is 1. The van der Waals surface area contributed by atoms with E-state index >= 15 is 0 Å². The lowest BCUT2D eigenvalue weighted by Crippen LogP contribution is -2.32. The van der Waals surface area contributed by atoms with Gasteiger partial charge in [0, 0.05) is 31.1 Å². The molecule has 2 rings (SSSR count). The van der Waals surface area contributed by atoms with Crippen LogP contribution in [-0.4, -0.2) is 21.6 Å². The molecule has 0 radical (unpaired) electrons. The molecule has 0 amide bonds. The molecule has 1 heterocycles. The number of carbonyl (C=O) groups is 1. The Morgan fingerprint density at radius 1 is 1.59 bits per heavy atom. The topological polar surface area (TPSA) is 60.9 Å². The van der Waals surface area contributed by atoms with E-state index in [9.17, 15) is 4.79 Å². The Morgan fingerprint density at radius 2 is 2.41 bits per heavy atom. The summed E-state index contributed by atoms with van der Waals surface area (Å²) in [5.74, 6) is 0.500. The van der Waals surface area contributed by atoms with Crippen molar-refractivity contribution in [2.24, 2.45) is 11.7 Å². The van der Waals surface area contributed by atoms with Gasteiger partial charge in [-0.05, 0) is 31.7 Å². The van der Waals surface area contributed by atoms with Crippen LogP contribution in [-0.2, 0) is 17.8 Å². The first-order chi connectivity index (χ1) is 8.19. The van der Waals surface area contributed by atoms with Crippen molar-refractivity contribution in [1.82, 2.24) is 9.78 Å². The fourth-order valence-corrected chi connectivity index (χ4v) is 2.54. The SMILES string of the molecule is CCn1cc(CC(=O)C2CCCC(N)C2)cn1. The first-order valence-corrected chi connectivity index (χ1v) is 6.48. The molecule has 94 valence electrons. The average molecular weight is 235 g/mol. The van der Waals surface area contributed by atoms with Crippen LogP contribution in [0.4, 0.5) is 0 Å². The van der Waals surface area contributed by atoms with E-state index in [4.69, 9.17) is 5.73 Å². The zero-order valence-electron chi connectivity index (χ0n) is 10.4. The van der Waals surface area contributed by atoms with Crippen LogP contribution in [0, 0.1) is 5.92 Å². The van der Waals surface area contributed by atoms with E-state index in [1.54, 1.807) is 6.20 Å². The van der Waals surface area contributed by atoms with Gasteiger partial charge in [-0.15, -0.1) is 0 Å². The maximum Gasteiger partial charge on any atom is 0.140 e. The highest BCUT2D eigenvalue weighted by Gasteiger charge is 2.25. The number of hydrogen-bond acceptors (Lipinski definition) is 3. The number of rotatable bonds is 4. The summed E-state index contributed by atoms with van der Waals surface area (Å²) in [7, 11) is 0. The maximum atomic E-state index is 12.1. The summed E-state index contributed by atoms with van der Waals surface area (Å²) in [5, 5.41) is 4.19. The number of nitrogens with two attached hydrogens (primary N) is 1. The van der Waals surface area contributed by atoms with Crippen molar-refractivity contribution < 1.29 is 4.79 Å². The second kappa shape index (κ2) is 5.45. The van der Waals surface area contributed by atoms with Crippen molar-refractivity contribution in [1.29, 1.82) is 0 Å². The van der Waals surface area contributed by atoms with Gasteiger partial charge >= 0.3 is 0 Å². The smallest absolute Gasteiger partial charge is 0.140 e. The molecule has 4 nitrogen and oxygen atoms in total. The molecule has 1 aliphatic rings. The number of aromatic nitrogens is 2.